The van der Waals surface area contributed by atoms with Gasteiger partial charge in [-0.15, -0.1) is 0 Å². The first kappa shape index (κ1) is 9.40. The third kappa shape index (κ3) is 1.85. The molecular formula is C10H15N3O. The number of aromatic nitrogens is 2. The van der Waals surface area contributed by atoms with E-state index in [0.717, 1.165) is 13.2 Å². The molecule has 0 aromatic carbocycles. The largest absolute Gasteiger partial charge is 0.379 e. The van der Waals surface area contributed by atoms with Gasteiger partial charge in [0.25, 0.3) is 0 Å². The lowest BCUT2D eigenvalue weighted by atomic mass is 9.88. The summed E-state index contributed by atoms with van der Waals surface area (Å²) in [6.07, 6.45) is 3.47. The fourth-order valence-electron chi connectivity index (χ4n) is 1.53. The average molecular weight is 193 g/mol. The monoisotopic (exact) mass is 193 g/mol. The molecule has 0 spiro atoms. The molecule has 1 unspecified atom stereocenters. The Kier molecular flexibility index (Phi) is 2.37. The van der Waals surface area contributed by atoms with E-state index in [4.69, 9.17) is 4.74 Å². The van der Waals surface area contributed by atoms with Gasteiger partial charge >= 0.3 is 0 Å². The van der Waals surface area contributed by atoms with Gasteiger partial charge in [-0.3, -0.25) is 0 Å². The van der Waals surface area contributed by atoms with Crippen molar-refractivity contribution in [2.24, 2.45) is 5.41 Å². The lowest BCUT2D eigenvalue weighted by molar-refractivity contribution is 0.167. The number of nitrogens with zero attached hydrogens (tertiary/aromatic N) is 2. The van der Waals surface area contributed by atoms with Crippen molar-refractivity contribution in [2.75, 3.05) is 18.5 Å². The Morgan fingerprint density at radius 1 is 1.43 bits per heavy atom. The van der Waals surface area contributed by atoms with E-state index < -0.39 is 0 Å². The predicted molar refractivity (Wildman–Crippen MR) is 54.0 cm³/mol. The van der Waals surface area contributed by atoms with Gasteiger partial charge in [-0.25, -0.2) is 9.97 Å². The van der Waals surface area contributed by atoms with Gasteiger partial charge in [0, 0.05) is 17.8 Å². The van der Waals surface area contributed by atoms with Crippen LogP contribution in [0.1, 0.15) is 13.8 Å². The Balaban J connectivity index is 2.05. The Morgan fingerprint density at radius 2 is 2.14 bits per heavy atom. The lowest BCUT2D eigenvalue weighted by Crippen LogP contribution is -2.35. The minimum absolute atomic E-state index is 0.152. The van der Waals surface area contributed by atoms with E-state index in [2.05, 4.69) is 29.1 Å². The maximum atomic E-state index is 5.43. The molecule has 76 valence electrons. The van der Waals surface area contributed by atoms with Crippen LogP contribution in [0.2, 0.25) is 0 Å². The zero-order valence-corrected chi connectivity index (χ0v) is 8.53. The second-order valence-corrected chi connectivity index (χ2v) is 4.27. The number of nitrogens with one attached hydrogen (secondary N) is 1. The highest BCUT2D eigenvalue weighted by atomic mass is 16.5. The van der Waals surface area contributed by atoms with Crippen LogP contribution >= 0.6 is 0 Å². The first-order valence-corrected chi connectivity index (χ1v) is 4.80. The highest BCUT2D eigenvalue weighted by Crippen LogP contribution is 2.28. The highest BCUT2D eigenvalue weighted by molar-refractivity contribution is 5.26. The van der Waals surface area contributed by atoms with Crippen molar-refractivity contribution in [3.8, 4) is 0 Å². The van der Waals surface area contributed by atoms with Crippen LogP contribution in [0, 0.1) is 5.41 Å². The molecule has 1 atom stereocenters. The minimum Gasteiger partial charge on any atom is -0.379 e. The average Bonchev–Trinajstić information content (AvgIpc) is 2.48. The quantitative estimate of drug-likeness (QED) is 0.769. The van der Waals surface area contributed by atoms with E-state index in [9.17, 15) is 0 Å². The molecule has 1 N–H and O–H groups in total. The van der Waals surface area contributed by atoms with Crippen LogP contribution in [0.5, 0.6) is 0 Å². The van der Waals surface area contributed by atoms with Crippen molar-refractivity contribution in [2.45, 2.75) is 19.9 Å². The zero-order chi connectivity index (χ0) is 10.0. The summed E-state index contributed by atoms with van der Waals surface area (Å²) in [5.74, 6) is 0.677. The Labute approximate surface area is 83.7 Å². The molecule has 1 aliphatic heterocycles. The molecule has 2 rings (SSSR count). The second-order valence-electron chi connectivity index (χ2n) is 4.27. The van der Waals surface area contributed by atoms with Gasteiger partial charge in [-0.1, -0.05) is 13.8 Å². The fourth-order valence-corrected chi connectivity index (χ4v) is 1.53. The zero-order valence-electron chi connectivity index (χ0n) is 8.53. The molecule has 14 heavy (non-hydrogen) atoms. The number of ether oxygens (including phenoxy) is 1. The van der Waals surface area contributed by atoms with E-state index in [1.807, 2.05) is 6.07 Å². The van der Waals surface area contributed by atoms with E-state index in [1.165, 1.54) is 0 Å². The molecule has 1 aliphatic rings. The summed E-state index contributed by atoms with van der Waals surface area (Å²) in [4.78, 5) is 8.26. The van der Waals surface area contributed by atoms with Crippen molar-refractivity contribution in [3.63, 3.8) is 0 Å². The number of anilines is 1. The first-order chi connectivity index (χ1) is 6.68. The maximum Gasteiger partial charge on any atom is 0.222 e. The molecule has 0 saturated carbocycles. The van der Waals surface area contributed by atoms with Crippen LogP contribution in [0.3, 0.4) is 0 Å². The molecule has 2 heterocycles. The highest BCUT2D eigenvalue weighted by Gasteiger charge is 2.35. The third-order valence-electron chi connectivity index (χ3n) is 2.57. The Hall–Kier alpha value is -1.16. The van der Waals surface area contributed by atoms with Crippen molar-refractivity contribution in [1.29, 1.82) is 0 Å². The summed E-state index contributed by atoms with van der Waals surface area (Å²) in [5.41, 5.74) is 0.152. The molecule has 1 saturated heterocycles. The van der Waals surface area contributed by atoms with E-state index in [1.54, 1.807) is 12.4 Å². The molecule has 4 heteroatoms. The second kappa shape index (κ2) is 3.53. The van der Waals surface area contributed by atoms with Gasteiger partial charge in [-0.2, -0.15) is 0 Å². The first-order valence-electron chi connectivity index (χ1n) is 4.80. The van der Waals surface area contributed by atoms with Gasteiger partial charge in [0.1, 0.15) is 0 Å². The lowest BCUT2D eigenvalue weighted by Gasteiger charge is -2.25. The maximum absolute atomic E-state index is 5.43. The molecule has 0 amide bonds. The smallest absolute Gasteiger partial charge is 0.222 e. The molecule has 1 aromatic heterocycles. The summed E-state index contributed by atoms with van der Waals surface area (Å²) < 4.78 is 5.43. The SMILES string of the molecule is CC1(C)COCC1Nc1ncccn1. The van der Waals surface area contributed by atoms with Crippen LogP contribution < -0.4 is 5.32 Å². The number of rotatable bonds is 2. The number of hydrogen-bond donors (Lipinski definition) is 1. The minimum atomic E-state index is 0.152. The molecule has 1 aromatic rings. The molecule has 0 aliphatic carbocycles. The molecule has 1 fully saturated rings. The summed E-state index contributed by atoms with van der Waals surface area (Å²) in [6.45, 7) is 5.88. The van der Waals surface area contributed by atoms with Gasteiger partial charge < -0.3 is 10.1 Å². The summed E-state index contributed by atoms with van der Waals surface area (Å²) in [6, 6.07) is 2.10. The third-order valence-corrected chi connectivity index (χ3v) is 2.57. The van der Waals surface area contributed by atoms with Crippen molar-refractivity contribution < 1.29 is 4.74 Å². The van der Waals surface area contributed by atoms with Gasteiger partial charge in [0.15, 0.2) is 0 Å². The summed E-state index contributed by atoms with van der Waals surface area (Å²) in [7, 11) is 0. The van der Waals surface area contributed by atoms with Crippen LogP contribution in [-0.4, -0.2) is 29.2 Å². The van der Waals surface area contributed by atoms with Crippen molar-refractivity contribution >= 4 is 5.95 Å². The molecule has 0 radical (unpaired) electrons. The topological polar surface area (TPSA) is 47.0 Å². The van der Waals surface area contributed by atoms with Crippen LogP contribution in [0.25, 0.3) is 0 Å². The Bertz CT molecular complexity index is 299. The van der Waals surface area contributed by atoms with Gasteiger partial charge in [0.05, 0.1) is 19.3 Å². The van der Waals surface area contributed by atoms with Crippen LogP contribution in [0.15, 0.2) is 18.5 Å². The fraction of sp³-hybridized carbons (Fsp3) is 0.600. The van der Waals surface area contributed by atoms with Crippen molar-refractivity contribution in [1.82, 2.24) is 9.97 Å². The molecule has 0 bridgehead atoms. The van der Waals surface area contributed by atoms with Gasteiger partial charge in [0.2, 0.25) is 5.95 Å². The predicted octanol–water partition coefficient (Wildman–Crippen LogP) is 1.31. The van der Waals surface area contributed by atoms with Crippen LogP contribution in [0.4, 0.5) is 5.95 Å². The van der Waals surface area contributed by atoms with Gasteiger partial charge in [-0.05, 0) is 6.07 Å². The normalized spacial score (nSPS) is 24.9. The van der Waals surface area contributed by atoms with E-state index in [-0.39, 0.29) is 5.41 Å². The summed E-state index contributed by atoms with van der Waals surface area (Å²) in [5, 5.41) is 3.28. The molecule has 4 nitrogen and oxygen atoms in total. The Morgan fingerprint density at radius 3 is 2.71 bits per heavy atom. The van der Waals surface area contributed by atoms with E-state index in [0.29, 0.717) is 12.0 Å². The van der Waals surface area contributed by atoms with Crippen molar-refractivity contribution in [3.05, 3.63) is 18.5 Å². The molecular weight excluding hydrogens is 178 g/mol. The standard InChI is InChI=1S/C10H15N3O/c1-10(2)7-14-6-8(10)13-9-11-4-3-5-12-9/h3-5,8H,6-7H2,1-2H3,(H,11,12,13). The number of hydrogen-bond acceptors (Lipinski definition) is 4. The summed E-state index contributed by atoms with van der Waals surface area (Å²) >= 11 is 0. The van der Waals surface area contributed by atoms with E-state index >= 15 is 0 Å². The van der Waals surface area contributed by atoms with Crippen LogP contribution in [-0.2, 0) is 4.74 Å².